The Morgan fingerprint density at radius 2 is 1.92 bits per heavy atom. The van der Waals surface area contributed by atoms with E-state index >= 15 is 0 Å². The summed E-state index contributed by atoms with van der Waals surface area (Å²) in [5.41, 5.74) is 1.26. The van der Waals surface area contributed by atoms with Crippen molar-refractivity contribution < 1.29 is 18.4 Å². The lowest BCUT2D eigenvalue weighted by molar-refractivity contribution is 0.0780. The highest BCUT2D eigenvalue weighted by Gasteiger charge is 2.17. The Kier molecular flexibility index (Phi) is 5.26. The van der Waals surface area contributed by atoms with Gasteiger partial charge < -0.3 is 14.2 Å². The molecule has 1 heterocycles. The average molecular weight is 355 g/mol. The van der Waals surface area contributed by atoms with Crippen LogP contribution < -0.4 is 4.74 Å². The van der Waals surface area contributed by atoms with Crippen molar-refractivity contribution in [1.29, 1.82) is 0 Å². The molecule has 0 bridgehead atoms. The topological polar surface area (TPSA) is 68.5 Å². The lowest BCUT2D eigenvalue weighted by Gasteiger charge is -2.19. The first-order chi connectivity index (χ1) is 12.5. The summed E-state index contributed by atoms with van der Waals surface area (Å²) in [6, 6.07) is 13.0. The summed E-state index contributed by atoms with van der Waals surface area (Å²) in [6.45, 7) is 2.15. The summed E-state index contributed by atoms with van der Waals surface area (Å²) in [7, 11) is 1.69. The third-order valence-electron chi connectivity index (χ3n) is 3.72. The zero-order valence-electron chi connectivity index (χ0n) is 14.5. The Morgan fingerprint density at radius 1 is 1.19 bits per heavy atom. The smallest absolute Gasteiger partial charge is 0.257 e. The van der Waals surface area contributed by atoms with Gasteiger partial charge in [-0.2, -0.15) is 4.98 Å². The maximum absolute atomic E-state index is 13.0. The fourth-order valence-electron chi connectivity index (χ4n) is 2.45. The minimum Gasteiger partial charge on any atom is -0.485 e. The van der Waals surface area contributed by atoms with Crippen LogP contribution in [0.15, 0.2) is 53.1 Å². The lowest BCUT2D eigenvalue weighted by Crippen LogP contribution is -2.26. The molecular formula is C19H18FN3O3. The average Bonchev–Trinajstić information content (AvgIpc) is 3.07. The number of amides is 1. The van der Waals surface area contributed by atoms with E-state index < -0.39 is 0 Å². The summed E-state index contributed by atoms with van der Waals surface area (Å²) in [4.78, 5) is 18.4. The SMILES string of the molecule is Cc1nc(COc2ccccc2C(=O)N(C)Cc2ccc(F)cc2)no1. The van der Waals surface area contributed by atoms with Gasteiger partial charge in [0.2, 0.25) is 11.7 Å². The Morgan fingerprint density at radius 3 is 2.62 bits per heavy atom. The van der Waals surface area contributed by atoms with Crippen LogP contribution in [-0.2, 0) is 13.2 Å². The fourth-order valence-corrected chi connectivity index (χ4v) is 2.45. The number of benzene rings is 2. The Balaban J connectivity index is 1.71. The normalized spacial score (nSPS) is 10.6. The van der Waals surface area contributed by atoms with E-state index in [4.69, 9.17) is 9.26 Å². The molecular weight excluding hydrogens is 337 g/mol. The predicted octanol–water partition coefficient (Wildman–Crippen LogP) is 3.37. The van der Waals surface area contributed by atoms with Crippen molar-refractivity contribution in [3.63, 3.8) is 0 Å². The van der Waals surface area contributed by atoms with Crippen molar-refractivity contribution >= 4 is 5.91 Å². The molecule has 1 aromatic heterocycles. The van der Waals surface area contributed by atoms with Gasteiger partial charge in [-0.05, 0) is 29.8 Å². The van der Waals surface area contributed by atoms with Gasteiger partial charge in [0.1, 0.15) is 11.6 Å². The number of ether oxygens (including phenoxy) is 1. The Bertz CT molecular complexity index is 893. The van der Waals surface area contributed by atoms with Gasteiger partial charge in [0.05, 0.1) is 5.56 Å². The summed E-state index contributed by atoms with van der Waals surface area (Å²) in [5.74, 6) is 0.787. The van der Waals surface area contributed by atoms with Crippen LogP contribution in [0.3, 0.4) is 0 Å². The highest BCUT2D eigenvalue weighted by molar-refractivity contribution is 5.96. The van der Waals surface area contributed by atoms with Crippen LogP contribution in [0.4, 0.5) is 4.39 Å². The standard InChI is InChI=1S/C19H18FN3O3/c1-13-21-18(22-26-13)12-25-17-6-4-3-5-16(17)19(24)23(2)11-14-7-9-15(20)10-8-14/h3-10H,11-12H2,1-2H3. The predicted molar refractivity (Wildman–Crippen MR) is 92.0 cm³/mol. The molecule has 2 aromatic carbocycles. The molecule has 0 aliphatic carbocycles. The van der Waals surface area contributed by atoms with Crippen LogP contribution in [0, 0.1) is 12.7 Å². The molecule has 134 valence electrons. The molecule has 6 nitrogen and oxygen atoms in total. The first-order valence-electron chi connectivity index (χ1n) is 8.04. The van der Waals surface area contributed by atoms with Gasteiger partial charge in [0.25, 0.3) is 5.91 Å². The number of aromatic nitrogens is 2. The second-order valence-electron chi connectivity index (χ2n) is 5.80. The molecule has 0 atom stereocenters. The Labute approximate surface area is 150 Å². The van der Waals surface area contributed by atoms with Crippen LogP contribution in [0.5, 0.6) is 5.75 Å². The third kappa shape index (κ3) is 4.24. The van der Waals surface area contributed by atoms with Crippen molar-refractivity contribution in [2.24, 2.45) is 0 Å². The van der Waals surface area contributed by atoms with E-state index in [-0.39, 0.29) is 18.3 Å². The van der Waals surface area contributed by atoms with Gasteiger partial charge in [-0.25, -0.2) is 4.39 Å². The van der Waals surface area contributed by atoms with Crippen LogP contribution in [0.25, 0.3) is 0 Å². The fraction of sp³-hybridized carbons (Fsp3) is 0.211. The van der Waals surface area contributed by atoms with Gasteiger partial charge in [0.15, 0.2) is 6.61 Å². The number of hydrogen-bond donors (Lipinski definition) is 0. The van der Waals surface area contributed by atoms with Crippen molar-refractivity contribution in [2.75, 3.05) is 7.05 Å². The summed E-state index contributed by atoms with van der Waals surface area (Å²) < 4.78 is 23.6. The van der Waals surface area contributed by atoms with Gasteiger partial charge in [-0.3, -0.25) is 4.79 Å². The van der Waals surface area contributed by atoms with Gasteiger partial charge in [-0.1, -0.05) is 29.4 Å². The monoisotopic (exact) mass is 355 g/mol. The molecule has 0 fully saturated rings. The molecule has 0 aliphatic rings. The molecule has 0 aliphatic heterocycles. The number of rotatable bonds is 6. The van der Waals surface area contributed by atoms with Crippen molar-refractivity contribution in [2.45, 2.75) is 20.1 Å². The number of carbonyl (C=O) groups excluding carboxylic acids is 1. The highest BCUT2D eigenvalue weighted by atomic mass is 19.1. The lowest BCUT2D eigenvalue weighted by atomic mass is 10.1. The molecule has 3 rings (SSSR count). The summed E-state index contributed by atoms with van der Waals surface area (Å²) in [5, 5.41) is 3.77. The molecule has 3 aromatic rings. The molecule has 7 heteroatoms. The number of hydrogen-bond acceptors (Lipinski definition) is 5. The van der Waals surface area contributed by atoms with Crippen LogP contribution in [0.1, 0.15) is 27.6 Å². The zero-order chi connectivity index (χ0) is 18.5. The maximum Gasteiger partial charge on any atom is 0.257 e. The van der Waals surface area contributed by atoms with E-state index in [1.807, 2.05) is 0 Å². The molecule has 0 radical (unpaired) electrons. The van der Waals surface area contributed by atoms with Crippen molar-refractivity contribution in [1.82, 2.24) is 15.0 Å². The van der Waals surface area contributed by atoms with Gasteiger partial charge in [-0.15, -0.1) is 0 Å². The molecule has 0 spiro atoms. The van der Waals surface area contributed by atoms with Crippen molar-refractivity contribution in [3.05, 3.63) is 77.2 Å². The molecule has 0 saturated carbocycles. The minimum atomic E-state index is -0.307. The van der Waals surface area contributed by atoms with Crippen LogP contribution in [0.2, 0.25) is 0 Å². The maximum atomic E-state index is 13.0. The molecule has 1 amide bonds. The Hall–Kier alpha value is -3.22. The van der Waals surface area contributed by atoms with Crippen LogP contribution in [-0.4, -0.2) is 28.0 Å². The number of aryl methyl sites for hydroxylation is 1. The van der Waals surface area contributed by atoms with E-state index in [0.29, 0.717) is 29.6 Å². The van der Waals surface area contributed by atoms with E-state index in [1.54, 1.807) is 55.3 Å². The van der Waals surface area contributed by atoms with Gasteiger partial charge in [0, 0.05) is 20.5 Å². The van der Waals surface area contributed by atoms with Crippen LogP contribution >= 0.6 is 0 Å². The highest BCUT2D eigenvalue weighted by Crippen LogP contribution is 2.21. The largest absolute Gasteiger partial charge is 0.485 e. The zero-order valence-corrected chi connectivity index (χ0v) is 14.5. The minimum absolute atomic E-state index is 0.101. The molecule has 26 heavy (non-hydrogen) atoms. The van der Waals surface area contributed by atoms with Crippen molar-refractivity contribution in [3.8, 4) is 5.75 Å². The molecule has 0 unspecified atom stereocenters. The number of nitrogens with zero attached hydrogens (tertiary/aromatic N) is 3. The second kappa shape index (κ2) is 7.77. The summed E-state index contributed by atoms with van der Waals surface area (Å²) in [6.07, 6.45) is 0. The second-order valence-corrected chi connectivity index (χ2v) is 5.80. The molecule has 0 N–H and O–H groups in total. The van der Waals surface area contributed by atoms with E-state index in [9.17, 15) is 9.18 Å². The van der Waals surface area contributed by atoms with E-state index in [1.165, 1.54) is 12.1 Å². The first-order valence-corrected chi connectivity index (χ1v) is 8.04. The molecule has 0 saturated heterocycles. The summed E-state index contributed by atoms with van der Waals surface area (Å²) >= 11 is 0. The van der Waals surface area contributed by atoms with E-state index in [2.05, 4.69) is 10.1 Å². The number of para-hydroxylation sites is 1. The quantitative estimate of drug-likeness (QED) is 0.678. The van der Waals surface area contributed by atoms with Gasteiger partial charge >= 0.3 is 0 Å². The number of carbonyl (C=O) groups is 1. The first kappa shape index (κ1) is 17.6. The third-order valence-corrected chi connectivity index (χ3v) is 3.72. The number of halogens is 1. The van der Waals surface area contributed by atoms with E-state index in [0.717, 1.165) is 5.56 Å².